The van der Waals surface area contributed by atoms with Crippen molar-refractivity contribution >= 4 is 11.6 Å². The summed E-state index contributed by atoms with van der Waals surface area (Å²) < 4.78 is 0. The van der Waals surface area contributed by atoms with Gasteiger partial charge in [-0.05, 0) is 39.1 Å². The predicted molar refractivity (Wildman–Crippen MR) is 73.5 cm³/mol. The smallest absolute Gasteiger partial charge is 0.256 e. The van der Waals surface area contributed by atoms with Crippen LogP contribution in [0, 0.1) is 0 Å². The number of likely N-dealkylation sites (tertiary alicyclic amines) is 1. The number of carbonyl (C=O) groups is 1. The lowest BCUT2D eigenvalue weighted by Gasteiger charge is -2.27. The minimum Gasteiger partial charge on any atom is -0.398 e. The maximum absolute atomic E-state index is 12.5. The van der Waals surface area contributed by atoms with Crippen LogP contribution in [-0.2, 0) is 0 Å². The Hall–Kier alpha value is -1.55. The van der Waals surface area contributed by atoms with Crippen LogP contribution < -0.4 is 5.73 Å². The fourth-order valence-electron chi connectivity index (χ4n) is 2.56. The maximum atomic E-state index is 12.5. The summed E-state index contributed by atoms with van der Waals surface area (Å²) in [7, 11) is 4.08. The lowest BCUT2D eigenvalue weighted by atomic mass is 10.1. The van der Waals surface area contributed by atoms with Gasteiger partial charge in [0.25, 0.3) is 5.91 Å². The summed E-state index contributed by atoms with van der Waals surface area (Å²) in [6.45, 7) is 1.75. The molecular formula is C14H21N3O. The van der Waals surface area contributed by atoms with Crippen LogP contribution in [0.25, 0.3) is 0 Å². The number of para-hydroxylation sites is 1. The molecule has 1 heterocycles. The molecule has 1 aromatic carbocycles. The van der Waals surface area contributed by atoms with Gasteiger partial charge < -0.3 is 15.5 Å². The van der Waals surface area contributed by atoms with E-state index in [1.807, 2.05) is 37.2 Å². The average Bonchev–Trinajstić information content (AvgIpc) is 2.76. The summed E-state index contributed by atoms with van der Waals surface area (Å²) >= 11 is 0. The standard InChI is InChI=1S/C14H21N3O/c1-16(2)10-11-6-5-9-17(11)14(18)12-7-3-4-8-13(12)15/h3-4,7-8,11H,5-6,9-10,15H2,1-2H3. The monoisotopic (exact) mass is 247 g/mol. The van der Waals surface area contributed by atoms with Crippen molar-refractivity contribution in [2.24, 2.45) is 0 Å². The van der Waals surface area contributed by atoms with Gasteiger partial charge in [-0.15, -0.1) is 0 Å². The highest BCUT2D eigenvalue weighted by molar-refractivity contribution is 5.99. The van der Waals surface area contributed by atoms with Gasteiger partial charge >= 0.3 is 0 Å². The second-order valence-electron chi connectivity index (χ2n) is 5.14. The highest BCUT2D eigenvalue weighted by Crippen LogP contribution is 2.22. The minimum atomic E-state index is 0.0671. The Morgan fingerprint density at radius 2 is 2.17 bits per heavy atom. The van der Waals surface area contributed by atoms with Gasteiger partial charge in [0.2, 0.25) is 0 Å². The summed E-state index contributed by atoms with van der Waals surface area (Å²) in [6.07, 6.45) is 2.16. The summed E-state index contributed by atoms with van der Waals surface area (Å²) in [6, 6.07) is 7.62. The number of hydrogen-bond donors (Lipinski definition) is 1. The van der Waals surface area contributed by atoms with E-state index in [-0.39, 0.29) is 5.91 Å². The van der Waals surface area contributed by atoms with Gasteiger partial charge in [0.15, 0.2) is 0 Å². The van der Waals surface area contributed by atoms with E-state index in [0.717, 1.165) is 25.9 Å². The van der Waals surface area contributed by atoms with Gasteiger partial charge in [0.05, 0.1) is 5.56 Å². The van der Waals surface area contributed by atoms with Crippen molar-refractivity contribution in [3.05, 3.63) is 29.8 Å². The molecule has 1 aliphatic heterocycles. The van der Waals surface area contributed by atoms with Gasteiger partial charge in [-0.3, -0.25) is 4.79 Å². The number of nitrogen functional groups attached to an aromatic ring is 1. The molecule has 0 radical (unpaired) electrons. The van der Waals surface area contributed by atoms with Gasteiger partial charge in [-0.1, -0.05) is 12.1 Å². The van der Waals surface area contributed by atoms with Gasteiger partial charge in [0, 0.05) is 24.8 Å². The van der Waals surface area contributed by atoms with Crippen molar-refractivity contribution in [3.8, 4) is 0 Å². The molecule has 1 unspecified atom stereocenters. The number of nitrogens with zero attached hydrogens (tertiary/aromatic N) is 2. The molecule has 98 valence electrons. The first-order chi connectivity index (χ1) is 8.59. The molecule has 0 saturated carbocycles. The van der Waals surface area contributed by atoms with Crippen molar-refractivity contribution in [1.82, 2.24) is 9.80 Å². The molecule has 2 N–H and O–H groups in total. The van der Waals surface area contributed by atoms with Crippen LogP contribution in [-0.4, -0.2) is 48.9 Å². The maximum Gasteiger partial charge on any atom is 0.256 e. The van der Waals surface area contributed by atoms with E-state index in [1.165, 1.54) is 0 Å². The number of anilines is 1. The van der Waals surface area contributed by atoms with Crippen LogP contribution in [0.1, 0.15) is 23.2 Å². The predicted octanol–water partition coefficient (Wildman–Crippen LogP) is 1.43. The molecule has 18 heavy (non-hydrogen) atoms. The molecule has 2 rings (SSSR count). The molecule has 4 heteroatoms. The number of rotatable bonds is 3. The number of nitrogens with two attached hydrogens (primary N) is 1. The van der Waals surface area contributed by atoms with E-state index < -0.39 is 0 Å². The highest BCUT2D eigenvalue weighted by atomic mass is 16.2. The zero-order valence-electron chi connectivity index (χ0n) is 11.1. The van der Waals surface area contributed by atoms with Crippen molar-refractivity contribution in [1.29, 1.82) is 0 Å². The zero-order chi connectivity index (χ0) is 13.1. The van der Waals surface area contributed by atoms with Crippen molar-refractivity contribution in [2.45, 2.75) is 18.9 Å². The Labute approximate surface area is 108 Å². The first kappa shape index (κ1) is 12.9. The lowest BCUT2D eigenvalue weighted by molar-refractivity contribution is 0.0717. The number of carbonyl (C=O) groups excluding carboxylic acids is 1. The van der Waals surface area contributed by atoms with E-state index in [4.69, 9.17) is 5.73 Å². The summed E-state index contributed by atoms with van der Waals surface area (Å²) in [5.41, 5.74) is 7.07. The van der Waals surface area contributed by atoms with Crippen molar-refractivity contribution < 1.29 is 4.79 Å². The molecule has 0 bridgehead atoms. The Bertz CT molecular complexity index is 431. The Balaban J connectivity index is 2.15. The molecule has 4 nitrogen and oxygen atoms in total. The molecule has 1 amide bonds. The number of benzene rings is 1. The number of hydrogen-bond acceptors (Lipinski definition) is 3. The second kappa shape index (κ2) is 5.40. The fraction of sp³-hybridized carbons (Fsp3) is 0.500. The average molecular weight is 247 g/mol. The van der Waals surface area contributed by atoms with E-state index >= 15 is 0 Å². The molecule has 1 saturated heterocycles. The van der Waals surface area contributed by atoms with Crippen molar-refractivity contribution in [2.75, 3.05) is 32.9 Å². The molecule has 0 aromatic heterocycles. The largest absolute Gasteiger partial charge is 0.398 e. The summed E-state index contributed by atoms with van der Waals surface area (Å²) in [5.74, 6) is 0.0671. The minimum absolute atomic E-state index is 0.0671. The van der Waals surface area contributed by atoms with Gasteiger partial charge in [-0.2, -0.15) is 0 Å². The first-order valence-corrected chi connectivity index (χ1v) is 6.40. The van der Waals surface area contributed by atoms with Crippen LogP contribution in [0.5, 0.6) is 0 Å². The fourth-order valence-corrected chi connectivity index (χ4v) is 2.56. The van der Waals surface area contributed by atoms with Crippen LogP contribution >= 0.6 is 0 Å². The zero-order valence-corrected chi connectivity index (χ0v) is 11.1. The van der Waals surface area contributed by atoms with Gasteiger partial charge in [-0.25, -0.2) is 0 Å². The molecule has 1 aromatic rings. The lowest BCUT2D eigenvalue weighted by Crippen LogP contribution is -2.41. The Kier molecular flexibility index (Phi) is 3.87. The van der Waals surface area contributed by atoms with Crippen LogP contribution in [0.2, 0.25) is 0 Å². The molecule has 1 aliphatic rings. The SMILES string of the molecule is CN(C)CC1CCCN1C(=O)c1ccccc1N. The quantitative estimate of drug-likeness (QED) is 0.822. The van der Waals surface area contributed by atoms with E-state index in [2.05, 4.69) is 4.90 Å². The molecule has 1 fully saturated rings. The number of likely N-dealkylation sites (N-methyl/N-ethyl adjacent to an activating group) is 1. The van der Waals surface area contributed by atoms with Crippen LogP contribution in [0.15, 0.2) is 24.3 Å². The molecule has 0 spiro atoms. The molecule has 1 atom stereocenters. The van der Waals surface area contributed by atoms with E-state index in [9.17, 15) is 4.79 Å². The number of amides is 1. The van der Waals surface area contributed by atoms with E-state index in [0.29, 0.717) is 17.3 Å². The highest BCUT2D eigenvalue weighted by Gasteiger charge is 2.30. The second-order valence-corrected chi connectivity index (χ2v) is 5.14. The Morgan fingerprint density at radius 1 is 1.44 bits per heavy atom. The van der Waals surface area contributed by atoms with E-state index in [1.54, 1.807) is 6.07 Å². The third-order valence-corrected chi connectivity index (χ3v) is 3.41. The van der Waals surface area contributed by atoms with Crippen LogP contribution in [0.3, 0.4) is 0 Å². The third-order valence-electron chi connectivity index (χ3n) is 3.41. The molecule has 0 aliphatic carbocycles. The summed E-state index contributed by atoms with van der Waals surface area (Å²) in [4.78, 5) is 16.6. The topological polar surface area (TPSA) is 49.6 Å². The summed E-state index contributed by atoms with van der Waals surface area (Å²) in [5, 5.41) is 0. The molecular weight excluding hydrogens is 226 g/mol. The van der Waals surface area contributed by atoms with Gasteiger partial charge in [0.1, 0.15) is 0 Å². The first-order valence-electron chi connectivity index (χ1n) is 6.40. The third kappa shape index (κ3) is 2.64. The van der Waals surface area contributed by atoms with Crippen LogP contribution in [0.4, 0.5) is 5.69 Å². The van der Waals surface area contributed by atoms with Crippen molar-refractivity contribution in [3.63, 3.8) is 0 Å². The Morgan fingerprint density at radius 3 is 2.83 bits per heavy atom. The normalized spacial score (nSPS) is 19.5.